The van der Waals surface area contributed by atoms with E-state index in [1.54, 1.807) is 18.2 Å². The van der Waals surface area contributed by atoms with E-state index in [4.69, 9.17) is 4.74 Å². The number of nitrogens with zero attached hydrogens (tertiary/aromatic N) is 1. The monoisotopic (exact) mass is 190 g/mol. The Balaban J connectivity index is 2.64. The van der Waals surface area contributed by atoms with E-state index in [0.29, 0.717) is 23.3 Å². The molecule has 0 bridgehead atoms. The summed E-state index contributed by atoms with van der Waals surface area (Å²) in [6, 6.07) is 5.28. The van der Waals surface area contributed by atoms with Gasteiger partial charge in [-0.25, -0.2) is 4.98 Å². The zero-order valence-corrected chi connectivity index (χ0v) is 7.78. The van der Waals surface area contributed by atoms with E-state index in [-0.39, 0.29) is 5.56 Å². The number of ether oxygens (including phenoxy) is 1. The molecule has 0 amide bonds. The van der Waals surface area contributed by atoms with Gasteiger partial charge in [0, 0.05) is 0 Å². The molecule has 2 aromatic rings. The van der Waals surface area contributed by atoms with Gasteiger partial charge in [-0.15, -0.1) is 0 Å². The molecule has 0 aliphatic heterocycles. The minimum atomic E-state index is -0.142. The number of H-pyrrole nitrogens is 1. The topological polar surface area (TPSA) is 55.0 Å². The molecule has 4 nitrogen and oxygen atoms in total. The summed E-state index contributed by atoms with van der Waals surface area (Å²) in [6.45, 7) is 2.49. The van der Waals surface area contributed by atoms with Gasteiger partial charge in [0.2, 0.25) is 0 Å². The molecule has 1 N–H and O–H groups in total. The molecule has 0 fully saturated rings. The van der Waals surface area contributed by atoms with E-state index in [2.05, 4.69) is 9.97 Å². The lowest BCUT2D eigenvalue weighted by atomic mass is 10.2. The number of benzene rings is 1. The van der Waals surface area contributed by atoms with Crippen molar-refractivity contribution in [2.45, 2.75) is 6.92 Å². The first kappa shape index (κ1) is 8.74. The Morgan fingerprint density at radius 3 is 3.14 bits per heavy atom. The third-order valence-electron chi connectivity index (χ3n) is 1.92. The Morgan fingerprint density at radius 2 is 2.36 bits per heavy atom. The normalized spacial score (nSPS) is 10.4. The van der Waals surface area contributed by atoms with Crippen LogP contribution in [0.25, 0.3) is 10.9 Å². The SMILES string of the molecule is CCOc1ccc2nc[nH]c(=O)c2c1. The molecule has 4 heteroatoms. The molecule has 0 aliphatic rings. The minimum Gasteiger partial charge on any atom is -0.494 e. The summed E-state index contributed by atoms with van der Waals surface area (Å²) in [5.41, 5.74) is 0.536. The third-order valence-corrected chi connectivity index (χ3v) is 1.92. The molecule has 1 aromatic heterocycles. The van der Waals surface area contributed by atoms with Crippen molar-refractivity contribution in [2.75, 3.05) is 6.61 Å². The summed E-state index contributed by atoms with van der Waals surface area (Å²) in [5, 5.41) is 0.554. The van der Waals surface area contributed by atoms with Gasteiger partial charge < -0.3 is 9.72 Å². The highest BCUT2D eigenvalue weighted by atomic mass is 16.5. The summed E-state index contributed by atoms with van der Waals surface area (Å²) < 4.78 is 5.29. The van der Waals surface area contributed by atoms with Crippen LogP contribution in [0.2, 0.25) is 0 Å². The lowest BCUT2D eigenvalue weighted by Gasteiger charge is -2.02. The lowest BCUT2D eigenvalue weighted by molar-refractivity contribution is 0.340. The second-order valence-corrected chi connectivity index (χ2v) is 2.84. The average Bonchev–Trinajstić information content (AvgIpc) is 2.20. The van der Waals surface area contributed by atoms with Gasteiger partial charge in [-0.1, -0.05) is 0 Å². The van der Waals surface area contributed by atoms with Crippen molar-refractivity contribution in [2.24, 2.45) is 0 Å². The van der Waals surface area contributed by atoms with Crippen LogP contribution in [0.5, 0.6) is 5.75 Å². The maximum absolute atomic E-state index is 11.4. The van der Waals surface area contributed by atoms with E-state index in [0.717, 1.165) is 0 Å². The molecule has 0 unspecified atom stereocenters. The first-order valence-electron chi connectivity index (χ1n) is 4.41. The maximum Gasteiger partial charge on any atom is 0.258 e. The third kappa shape index (κ3) is 1.46. The van der Waals surface area contributed by atoms with Crippen LogP contribution in [0.1, 0.15) is 6.92 Å². The number of rotatable bonds is 2. The zero-order chi connectivity index (χ0) is 9.97. The van der Waals surface area contributed by atoms with Gasteiger partial charge in [-0.3, -0.25) is 4.79 Å². The number of fused-ring (bicyclic) bond motifs is 1. The Labute approximate surface area is 80.6 Å². The molecule has 1 heterocycles. The standard InChI is InChI=1S/C10H10N2O2/c1-2-14-7-3-4-9-8(5-7)10(13)12-6-11-9/h3-6H,2H2,1H3,(H,11,12,13). The quantitative estimate of drug-likeness (QED) is 0.777. The van der Waals surface area contributed by atoms with Crippen LogP contribution in [-0.2, 0) is 0 Å². The molecule has 72 valence electrons. The highest BCUT2D eigenvalue weighted by Gasteiger charge is 2.00. The Kier molecular flexibility index (Phi) is 2.18. The van der Waals surface area contributed by atoms with Gasteiger partial charge in [0.05, 0.1) is 23.8 Å². The highest BCUT2D eigenvalue weighted by molar-refractivity contribution is 5.78. The molecule has 14 heavy (non-hydrogen) atoms. The number of aromatic amines is 1. The van der Waals surface area contributed by atoms with E-state index in [1.807, 2.05) is 6.92 Å². The summed E-state index contributed by atoms with van der Waals surface area (Å²) in [4.78, 5) is 17.9. The van der Waals surface area contributed by atoms with Crippen LogP contribution in [0, 0.1) is 0 Å². The number of hydrogen-bond acceptors (Lipinski definition) is 3. The summed E-state index contributed by atoms with van der Waals surface area (Å²) in [7, 11) is 0. The maximum atomic E-state index is 11.4. The molecule has 0 radical (unpaired) electrons. The smallest absolute Gasteiger partial charge is 0.258 e. The van der Waals surface area contributed by atoms with E-state index in [9.17, 15) is 4.79 Å². The van der Waals surface area contributed by atoms with Crippen molar-refractivity contribution in [3.63, 3.8) is 0 Å². The van der Waals surface area contributed by atoms with Crippen LogP contribution < -0.4 is 10.3 Å². The molecular formula is C10H10N2O2. The molecule has 1 aromatic carbocycles. The second kappa shape index (κ2) is 3.49. The van der Waals surface area contributed by atoms with Crippen molar-refractivity contribution in [3.8, 4) is 5.75 Å². The summed E-state index contributed by atoms with van der Waals surface area (Å²) >= 11 is 0. The minimum absolute atomic E-state index is 0.142. The van der Waals surface area contributed by atoms with Gasteiger partial charge >= 0.3 is 0 Å². The second-order valence-electron chi connectivity index (χ2n) is 2.84. The van der Waals surface area contributed by atoms with Crippen LogP contribution >= 0.6 is 0 Å². The van der Waals surface area contributed by atoms with Crippen molar-refractivity contribution < 1.29 is 4.74 Å². The first-order chi connectivity index (χ1) is 6.81. The fourth-order valence-electron chi connectivity index (χ4n) is 1.30. The number of nitrogens with one attached hydrogen (secondary N) is 1. The van der Waals surface area contributed by atoms with Gasteiger partial charge in [-0.05, 0) is 25.1 Å². The predicted octanol–water partition coefficient (Wildman–Crippen LogP) is 1.32. The zero-order valence-electron chi connectivity index (χ0n) is 7.78. The fraction of sp³-hybridized carbons (Fsp3) is 0.200. The van der Waals surface area contributed by atoms with Gasteiger partial charge in [0.1, 0.15) is 5.75 Å². The van der Waals surface area contributed by atoms with Crippen LogP contribution in [0.3, 0.4) is 0 Å². The van der Waals surface area contributed by atoms with E-state index >= 15 is 0 Å². The molecule has 0 saturated heterocycles. The van der Waals surface area contributed by atoms with Crippen LogP contribution in [-0.4, -0.2) is 16.6 Å². The van der Waals surface area contributed by atoms with Crippen molar-refractivity contribution in [3.05, 3.63) is 34.9 Å². The molecule has 2 rings (SSSR count). The summed E-state index contributed by atoms with van der Waals surface area (Å²) in [6.07, 6.45) is 1.39. The fourth-order valence-corrected chi connectivity index (χ4v) is 1.30. The first-order valence-corrected chi connectivity index (χ1v) is 4.41. The average molecular weight is 190 g/mol. The number of hydrogen-bond donors (Lipinski definition) is 1. The molecule has 0 aliphatic carbocycles. The molecule has 0 atom stereocenters. The van der Waals surface area contributed by atoms with Crippen molar-refractivity contribution in [1.82, 2.24) is 9.97 Å². The van der Waals surface area contributed by atoms with E-state index < -0.39 is 0 Å². The number of aromatic nitrogens is 2. The van der Waals surface area contributed by atoms with Crippen LogP contribution in [0.4, 0.5) is 0 Å². The molecular weight excluding hydrogens is 180 g/mol. The van der Waals surface area contributed by atoms with Crippen molar-refractivity contribution >= 4 is 10.9 Å². The van der Waals surface area contributed by atoms with Crippen LogP contribution in [0.15, 0.2) is 29.3 Å². The Bertz CT molecular complexity index is 505. The van der Waals surface area contributed by atoms with Crippen molar-refractivity contribution in [1.29, 1.82) is 0 Å². The highest BCUT2D eigenvalue weighted by Crippen LogP contribution is 2.15. The lowest BCUT2D eigenvalue weighted by Crippen LogP contribution is -2.06. The van der Waals surface area contributed by atoms with Gasteiger partial charge in [0.15, 0.2) is 0 Å². The molecule has 0 spiro atoms. The van der Waals surface area contributed by atoms with E-state index in [1.165, 1.54) is 6.33 Å². The largest absolute Gasteiger partial charge is 0.494 e. The Morgan fingerprint density at radius 1 is 1.50 bits per heavy atom. The predicted molar refractivity (Wildman–Crippen MR) is 53.5 cm³/mol. The molecule has 0 saturated carbocycles. The van der Waals surface area contributed by atoms with Gasteiger partial charge in [-0.2, -0.15) is 0 Å². The Hall–Kier alpha value is -1.84. The van der Waals surface area contributed by atoms with Gasteiger partial charge in [0.25, 0.3) is 5.56 Å². The summed E-state index contributed by atoms with van der Waals surface area (Å²) in [5.74, 6) is 0.693.